The number of rotatable bonds is 5. The first-order valence-electron chi connectivity index (χ1n) is 6.52. The average molecular weight is 296 g/mol. The molecule has 0 saturated heterocycles. The Labute approximate surface area is 122 Å². The van der Waals surface area contributed by atoms with Crippen molar-refractivity contribution >= 4 is 23.2 Å². The zero-order valence-corrected chi connectivity index (χ0v) is 12.6. The maximum Gasteiger partial charge on any atom is 0.229 e. The second-order valence-electron chi connectivity index (χ2n) is 4.73. The molecule has 2 rings (SSSR count). The maximum absolute atomic E-state index is 12.2. The molecule has 0 aliphatic rings. The van der Waals surface area contributed by atoms with Gasteiger partial charge < -0.3 is 5.32 Å². The maximum atomic E-state index is 12.2. The number of amides is 1. The van der Waals surface area contributed by atoms with E-state index in [9.17, 15) is 4.79 Å². The molecule has 1 atom stereocenters. The molecule has 1 amide bonds. The quantitative estimate of drug-likeness (QED) is 0.921. The van der Waals surface area contributed by atoms with Gasteiger partial charge in [0.25, 0.3) is 0 Å². The van der Waals surface area contributed by atoms with Crippen molar-refractivity contribution in [2.45, 2.75) is 33.9 Å². The Kier molecular flexibility index (Phi) is 4.44. The zero-order valence-electron chi connectivity index (χ0n) is 11.8. The molecule has 0 aliphatic carbocycles. The van der Waals surface area contributed by atoms with E-state index >= 15 is 0 Å². The highest BCUT2D eigenvalue weighted by molar-refractivity contribution is 6.30. The van der Waals surface area contributed by atoms with Gasteiger partial charge in [0.1, 0.15) is 0 Å². The Bertz CT molecular complexity index is 604. The van der Waals surface area contributed by atoms with Crippen LogP contribution in [0.2, 0.25) is 5.02 Å². The fourth-order valence-electron chi connectivity index (χ4n) is 1.95. The van der Waals surface area contributed by atoms with Crippen molar-refractivity contribution < 1.29 is 4.79 Å². The van der Waals surface area contributed by atoms with E-state index in [4.69, 9.17) is 11.6 Å². The van der Waals surface area contributed by atoms with E-state index in [0.717, 1.165) is 17.9 Å². The van der Waals surface area contributed by atoms with Crippen LogP contribution in [0, 0.1) is 12.8 Å². The van der Waals surface area contributed by atoms with Crippen LogP contribution < -0.4 is 5.32 Å². The highest BCUT2D eigenvalue weighted by atomic mass is 35.5. The third kappa shape index (κ3) is 3.19. The minimum absolute atomic E-state index is 0.0598. The van der Waals surface area contributed by atoms with Crippen LogP contribution in [0.3, 0.4) is 0 Å². The Balaban J connectivity index is 1.98. The summed E-state index contributed by atoms with van der Waals surface area (Å²) in [4.78, 5) is 12.2. The number of halogens is 1. The molecular weight excluding hydrogens is 278 g/mol. The van der Waals surface area contributed by atoms with Crippen LogP contribution in [0.4, 0.5) is 5.69 Å². The summed E-state index contributed by atoms with van der Waals surface area (Å²) in [5.74, 6) is -0.272. The Hall–Kier alpha value is -1.82. The fourth-order valence-corrected chi connectivity index (χ4v) is 2.10. The van der Waals surface area contributed by atoms with Crippen LogP contribution in [0.1, 0.15) is 19.5 Å². The molecule has 108 valence electrons. The van der Waals surface area contributed by atoms with E-state index in [2.05, 4.69) is 15.5 Å². The van der Waals surface area contributed by atoms with Crippen molar-refractivity contribution in [3.8, 4) is 0 Å². The number of nitrogens with zero attached hydrogens (tertiary/aromatic N) is 4. The summed E-state index contributed by atoms with van der Waals surface area (Å²) >= 11 is 5.80. The van der Waals surface area contributed by atoms with Crippen molar-refractivity contribution in [2.24, 2.45) is 5.92 Å². The Morgan fingerprint density at radius 2 is 2.20 bits per heavy atom. The van der Waals surface area contributed by atoms with Crippen molar-refractivity contribution in [3.63, 3.8) is 0 Å². The zero-order chi connectivity index (χ0) is 14.7. The minimum Gasteiger partial charge on any atom is -0.323 e. The van der Waals surface area contributed by atoms with Crippen LogP contribution in [0.25, 0.3) is 0 Å². The molecule has 0 aliphatic heterocycles. The lowest BCUT2D eigenvalue weighted by Crippen LogP contribution is -2.24. The molecule has 20 heavy (non-hydrogen) atoms. The summed E-state index contributed by atoms with van der Waals surface area (Å²) in [7, 11) is 0. The van der Waals surface area contributed by atoms with Crippen LogP contribution >= 0.6 is 11.6 Å². The van der Waals surface area contributed by atoms with Gasteiger partial charge in [0.05, 0.1) is 41.3 Å². The van der Waals surface area contributed by atoms with Crippen molar-refractivity contribution in [1.82, 2.24) is 19.6 Å². The Morgan fingerprint density at radius 3 is 2.75 bits per heavy atom. The van der Waals surface area contributed by atoms with Gasteiger partial charge >= 0.3 is 0 Å². The van der Waals surface area contributed by atoms with Gasteiger partial charge in [-0.25, -0.2) is 0 Å². The number of carbonyl (C=O) groups excluding carboxylic acids is 1. The van der Waals surface area contributed by atoms with Crippen molar-refractivity contribution in [1.29, 1.82) is 0 Å². The number of aromatic nitrogens is 4. The number of aryl methyl sites for hydroxylation is 1. The van der Waals surface area contributed by atoms with Gasteiger partial charge in [-0.05, 0) is 13.8 Å². The van der Waals surface area contributed by atoms with Crippen LogP contribution in [-0.4, -0.2) is 25.5 Å². The molecule has 7 heteroatoms. The van der Waals surface area contributed by atoms with E-state index in [1.165, 1.54) is 0 Å². The van der Waals surface area contributed by atoms with E-state index in [1.54, 1.807) is 23.3 Å². The first kappa shape index (κ1) is 14.6. The second kappa shape index (κ2) is 6.09. The molecule has 0 saturated carbocycles. The van der Waals surface area contributed by atoms with Gasteiger partial charge in [-0.3, -0.25) is 14.2 Å². The summed E-state index contributed by atoms with van der Waals surface area (Å²) in [6.07, 6.45) is 4.93. The average Bonchev–Trinajstić information content (AvgIpc) is 2.97. The van der Waals surface area contributed by atoms with Gasteiger partial charge in [0, 0.05) is 12.7 Å². The minimum atomic E-state index is -0.213. The monoisotopic (exact) mass is 295 g/mol. The first-order valence-corrected chi connectivity index (χ1v) is 6.90. The van der Waals surface area contributed by atoms with E-state index in [0.29, 0.717) is 11.6 Å². The lowest BCUT2D eigenvalue weighted by Gasteiger charge is -2.12. The molecular formula is C13H18ClN5O. The van der Waals surface area contributed by atoms with Crippen LogP contribution in [0.5, 0.6) is 0 Å². The Morgan fingerprint density at radius 1 is 1.45 bits per heavy atom. The van der Waals surface area contributed by atoms with Gasteiger partial charge in [0.2, 0.25) is 5.91 Å². The predicted octanol–water partition coefficient (Wildman–Crippen LogP) is 2.34. The SMILES string of the molecule is CCn1ncc(NC(=O)C(C)Cn2cc(Cl)cn2)c1C. The van der Waals surface area contributed by atoms with E-state index in [-0.39, 0.29) is 11.8 Å². The third-order valence-electron chi connectivity index (χ3n) is 3.17. The molecule has 0 bridgehead atoms. The summed E-state index contributed by atoms with van der Waals surface area (Å²) in [6, 6.07) is 0. The number of anilines is 1. The molecule has 0 spiro atoms. The normalized spacial score (nSPS) is 12.4. The van der Waals surface area contributed by atoms with Gasteiger partial charge in [-0.15, -0.1) is 0 Å². The van der Waals surface area contributed by atoms with Crippen LogP contribution in [-0.2, 0) is 17.9 Å². The lowest BCUT2D eigenvalue weighted by atomic mass is 10.1. The third-order valence-corrected chi connectivity index (χ3v) is 3.37. The largest absolute Gasteiger partial charge is 0.323 e. The molecule has 6 nitrogen and oxygen atoms in total. The molecule has 1 unspecified atom stereocenters. The summed E-state index contributed by atoms with van der Waals surface area (Å²) in [6.45, 7) is 7.06. The molecule has 2 aromatic rings. The number of hydrogen-bond donors (Lipinski definition) is 1. The lowest BCUT2D eigenvalue weighted by molar-refractivity contribution is -0.119. The van der Waals surface area contributed by atoms with Gasteiger partial charge in [-0.2, -0.15) is 10.2 Å². The van der Waals surface area contributed by atoms with Gasteiger partial charge in [-0.1, -0.05) is 18.5 Å². The number of nitrogens with one attached hydrogen (secondary N) is 1. The van der Waals surface area contributed by atoms with Crippen molar-refractivity contribution in [2.75, 3.05) is 5.32 Å². The predicted molar refractivity (Wildman–Crippen MR) is 77.7 cm³/mol. The highest BCUT2D eigenvalue weighted by Gasteiger charge is 2.16. The summed E-state index contributed by atoms with van der Waals surface area (Å²) in [5, 5.41) is 11.7. The molecule has 0 aromatic carbocycles. The van der Waals surface area contributed by atoms with Gasteiger partial charge in [0.15, 0.2) is 0 Å². The van der Waals surface area contributed by atoms with Crippen molar-refractivity contribution in [3.05, 3.63) is 29.3 Å². The molecule has 1 N–H and O–H groups in total. The molecule has 0 fully saturated rings. The van der Waals surface area contributed by atoms with Crippen LogP contribution in [0.15, 0.2) is 18.6 Å². The molecule has 2 aromatic heterocycles. The molecule has 0 radical (unpaired) electrons. The van der Waals surface area contributed by atoms with E-state index < -0.39 is 0 Å². The topological polar surface area (TPSA) is 64.7 Å². The number of carbonyl (C=O) groups is 1. The molecule has 2 heterocycles. The summed E-state index contributed by atoms with van der Waals surface area (Å²) < 4.78 is 3.50. The smallest absolute Gasteiger partial charge is 0.229 e. The number of hydrogen-bond acceptors (Lipinski definition) is 3. The fraction of sp³-hybridized carbons (Fsp3) is 0.462. The highest BCUT2D eigenvalue weighted by Crippen LogP contribution is 2.15. The first-order chi connectivity index (χ1) is 9.51. The second-order valence-corrected chi connectivity index (χ2v) is 5.17. The summed E-state index contributed by atoms with van der Waals surface area (Å²) in [5.41, 5.74) is 1.71. The van der Waals surface area contributed by atoms with E-state index in [1.807, 2.05) is 25.5 Å². The standard InChI is InChI=1S/C13H18ClN5O/c1-4-19-10(3)12(6-16-19)17-13(20)9(2)7-18-8-11(14)5-15-18/h5-6,8-9H,4,7H2,1-3H3,(H,17,20).